The molecule has 72 valence electrons. The van der Waals surface area contributed by atoms with Crippen LogP contribution in [0.1, 0.15) is 52.9 Å². The van der Waals surface area contributed by atoms with Gasteiger partial charge in [-0.1, -0.05) is 27.2 Å². The third kappa shape index (κ3) is 1.06. The van der Waals surface area contributed by atoms with Crippen molar-refractivity contribution in [3.63, 3.8) is 0 Å². The van der Waals surface area contributed by atoms with Crippen LogP contribution in [0.15, 0.2) is 0 Å². The molecule has 0 amide bonds. The van der Waals surface area contributed by atoms with Gasteiger partial charge >= 0.3 is 0 Å². The summed E-state index contributed by atoms with van der Waals surface area (Å²) < 4.78 is 0. The van der Waals surface area contributed by atoms with Gasteiger partial charge in [-0.05, 0) is 29.6 Å². The van der Waals surface area contributed by atoms with Gasteiger partial charge in [0.15, 0.2) is 0 Å². The summed E-state index contributed by atoms with van der Waals surface area (Å²) in [6, 6.07) is 0. The molecule has 0 aromatic carbocycles. The lowest BCUT2D eigenvalue weighted by atomic mass is 9.87. The standard InChI is InChI=1S/C13H20/c1-4-11-12(2)9-7-5-6-8-10-13(11,12)3/h11H,4,7-10H2,1-3H3/t11?,12-,13+. The van der Waals surface area contributed by atoms with Crippen LogP contribution >= 0.6 is 0 Å². The summed E-state index contributed by atoms with van der Waals surface area (Å²) in [5.74, 6) is 7.52. The van der Waals surface area contributed by atoms with Crippen LogP contribution in [-0.2, 0) is 0 Å². The van der Waals surface area contributed by atoms with Crippen LogP contribution in [0, 0.1) is 28.6 Å². The SMILES string of the molecule is CCC1[C@]2(C)CCC#CCC[C@]12C. The number of hydrogen-bond acceptors (Lipinski definition) is 0. The summed E-state index contributed by atoms with van der Waals surface area (Å²) in [5, 5.41) is 0. The molecule has 0 saturated heterocycles. The Kier molecular flexibility index (Phi) is 1.95. The maximum atomic E-state index is 3.28. The Hall–Kier alpha value is -0.440. The minimum absolute atomic E-state index is 0.622. The molecule has 0 aliphatic heterocycles. The van der Waals surface area contributed by atoms with Crippen LogP contribution < -0.4 is 0 Å². The average Bonchev–Trinajstić information content (AvgIpc) is 2.51. The van der Waals surface area contributed by atoms with Gasteiger partial charge in [0.1, 0.15) is 0 Å². The predicted octanol–water partition coefficient (Wildman–Crippen LogP) is 3.62. The van der Waals surface area contributed by atoms with E-state index in [0.29, 0.717) is 10.8 Å². The first kappa shape index (κ1) is 9.13. The number of fused-ring (bicyclic) bond motifs is 1. The maximum Gasteiger partial charge on any atom is 0.00941 e. The van der Waals surface area contributed by atoms with E-state index in [2.05, 4.69) is 32.6 Å². The lowest BCUT2D eigenvalue weighted by Gasteiger charge is -2.17. The zero-order chi connectivity index (χ0) is 9.53. The van der Waals surface area contributed by atoms with E-state index in [1.54, 1.807) is 0 Å². The van der Waals surface area contributed by atoms with E-state index >= 15 is 0 Å². The Morgan fingerprint density at radius 1 is 1.08 bits per heavy atom. The zero-order valence-electron chi connectivity index (χ0n) is 9.11. The average molecular weight is 176 g/mol. The minimum atomic E-state index is 0.622. The highest BCUT2D eigenvalue weighted by Crippen LogP contribution is 2.74. The Morgan fingerprint density at radius 3 is 1.92 bits per heavy atom. The van der Waals surface area contributed by atoms with Crippen molar-refractivity contribution in [1.82, 2.24) is 0 Å². The van der Waals surface area contributed by atoms with E-state index in [1.165, 1.54) is 19.3 Å². The molecule has 0 aromatic rings. The molecule has 0 radical (unpaired) electrons. The smallest absolute Gasteiger partial charge is 0.00941 e. The highest BCUT2D eigenvalue weighted by molar-refractivity contribution is 5.20. The van der Waals surface area contributed by atoms with Crippen molar-refractivity contribution in [2.24, 2.45) is 16.7 Å². The van der Waals surface area contributed by atoms with E-state index in [-0.39, 0.29) is 0 Å². The topological polar surface area (TPSA) is 0 Å². The van der Waals surface area contributed by atoms with Crippen molar-refractivity contribution < 1.29 is 0 Å². The monoisotopic (exact) mass is 176 g/mol. The molecule has 0 spiro atoms. The van der Waals surface area contributed by atoms with E-state index < -0.39 is 0 Å². The van der Waals surface area contributed by atoms with Crippen molar-refractivity contribution in [1.29, 1.82) is 0 Å². The van der Waals surface area contributed by atoms with Crippen molar-refractivity contribution in [2.45, 2.75) is 52.9 Å². The van der Waals surface area contributed by atoms with Gasteiger partial charge in [-0.3, -0.25) is 0 Å². The Labute approximate surface area is 82.1 Å². The fourth-order valence-electron chi connectivity index (χ4n) is 3.72. The first-order valence-corrected chi connectivity index (χ1v) is 5.61. The van der Waals surface area contributed by atoms with Gasteiger partial charge in [0.05, 0.1) is 0 Å². The Balaban J connectivity index is 2.19. The first-order chi connectivity index (χ1) is 6.15. The quantitative estimate of drug-likeness (QED) is 0.535. The van der Waals surface area contributed by atoms with Gasteiger partial charge in [0.2, 0.25) is 0 Å². The van der Waals surface area contributed by atoms with Crippen molar-refractivity contribution in [3.8, 4) is 11.8 Å². The molecule has 0 nitrogen and oxygen atoms in total. The largest absolute Gasteiger partial charge is 0.103 e. The van der Waals surface area contributed by atoms with Crippen LogP contribution in [0.3, 0.4) is 0 Å². The summed E-state index contributed by atoms with van der Waals surface area (Å²) >= 11 is 0. The van der Waals surface area contributed by atoms with Crippen molar-refractivity contribution >= 4 is 0 Å². The number of rotatable bonds is 1. The predicted molar refractivity (Wildman–Crippen MR) is 56.2 cm³/mol. The molecule has 0 heteroatoms. The molecule has 1 saturated carbocycles. The minimum Gasteiger partial charge on any atom is -0.103 e. The third-order valence-corrected chi connectivity index (χ3v) is 4.83. The summed E-state index contributed by atoms with van der Waals surface area (Å²) in [6.07, 6.45) is 6.27. The second-order valence-corrected chi connectivity index (χ2v) is 5.15. The number of hydrogen-bond donors (Lipinski definition) is 0. The molecule has 13 heavy (non-hydrogen) atoms. The Bertz CT molecular complexity index is 243. The molecule has 0 aromatic heterocycles. The van der Waals surface area contributed by atoms with E-state index in [4.69, 9.17) is 0 Å². The fourth-order valence-corrected chi connectivity index (χ4v) is 3.72. The van der Waals surface area contributed by atoms with Crippen LogP contribution in [-0.4, -0.2) is 0 Å². The molecular weight excluding hydrogens is 156 g/mol. The molecule has 0 bridgehead atoms. The second-order valence-electron chi connectivity index (χ2n) is 5.15. The molecule has 2 rings (SSSR count). The van der Waals surface area contributed by atoms with Crippen molar-refractivity contribution in [3.05, 3.63) is 0 Å². The fraction of sp³-hybridized carbons (Fsp3) is 0.846. The molecular formula is C13H20. The first-order valence-electron chi connectivity index (χ1n) is 5.61. The van der Waals surface area contributed by atoms with Gasteiger partial charge in [-0.25, -0.2) is 0 Å². The van der Waals surface area contributed by atoms with Crippen molar-refractivity contribution in [2.75, 3.05) is 0 Å². The van der Waals surface area contributed by atoms with E-state index in [9.17, 15) is 0 Å². The van der Waals surface area contributed by atoms with Crippen LogP contribution in [0.5, 0.6) is 0 Å². The van der Waals surface area contributed by atoms with Gasteiger partial charge in [0.25, 0.3) is 0 Å². The normalized spacial score (nSPS) is 48.1. The molecule has 3 atom stereocenters. The third-order valence-electron chi connectivity index (χ3n) is 4.83. The molecule has 2 aliphatic carbocycles. The summed E-state index contributed by atoms with van der Waals surface area (Å²) in [4.78, 5) is 0. The second kappa shape index (κ2) is 2.77. The van der Waals surface area contributed by atoms with Crippen LogP contribution in [0.2, 0.25) is 0 Å². The highest BCUT2D eigenvalue weighted by Gasteiger charge is 2.67. The van der Waals surface area contributed by atoms with Gasteiger partial charge in [0, 0.05) is 12.8 Å². The van der Waals surface area contributed by atoms with Gasteiger partial charge in [-0.2, -0.15) is 0 Å². The van der Waals surface area contributed by atoms with Crippen LogP contribution in [0.25, 0.3) is 0 Å². The van der Waals surface area contributed by atoms with E-state index in [1.807, 2.05) is 0 Å². The molecule has 0 heterocycles. The molecule has 1 unspecified atom stereocenters. The lowest BCUT2D eigenvalue weighted by molar-refractivity contribution is 0.348. The van der Waals surface area contributed by atoms with Gasteiger partial charge in [-0.15, -0.1) is 11.8 Å². The summed E-state index contributed by atoms with van der Waals surface area (Å²) in [6.45, 7) is 7.30. The lowest BCUT2D eigenvalue weighted by Crippen LogP contribution is -2.08. The Morgan fingerprint density at radius 2 is 1.54 bits per heavy atom. The highest BCUT2D eigenvalue weighted by atomic mass is 14.7. The molecule has 0 N–H and O–H groups in total. The molecule has 1 fully saturated rings. The zero-order valence-corrected chi connectivity index (χ0v) is 9.11. The maximum absolute atomic E-state index is 3.28. The summed E-state index contributed by atoms with van der Waals surface area (Å²) in [7, 11) is 0. The molecule has 2 aliphatic rings. The van der Waals surface area contributed by atoms with Crippen LogP contribution in [0.4, 0.5) is 0 Å². The van der Waals surface area contributed by atoms with E-state index in [0.717, 1.165) is 18.8 Å². The van der Waals surface area contributed by atoms with Gasteiger partial charge < -0.3 is 0 Å². The summed E-state index contributed by atoms with van der Waals surface area (Å²) in [5.41, 5.74) is 1.24.